The lowest BCUT2D eigenvalue weighted by Crippen LogP contribution is -2.13. The zero-order chi connectivity index (χ0) is 10.4. The molecule has 0 rings (SSSR count). The van der Waals surface area contributed by atoms with Gasteiger partial charge in [0.15, 0.2) is 5.57 Å². The summed E-state index contributed by atoms with van der Waals surface area (Å²) in [7, 11) is 2.02. The number of nitriles is 1. The highest BCUT2D eigenvalue weighted by Gasteiger charge is 2.21. The SMILES string of the molecule is COC(=O)/C(O)=C(\C#N)C(=O)OC. The van der Waals surface area contributed by atoms with Gasteiger partial charge in [-0.25, -0.2) is 9.59 Å². The van der Waals surface area contributed by atoms with E-state index in [1.54, 1.807) is 0 Å². The van der Waals surface area contributed by atoms with Gasteiger partial charge in [0.2, 0.25) is 5.76 Å². The van der Waals surface area contributed by atoms with Gasteiger partial charge in [-0.2, -0.15) is 5.26 Å². The highest BCUT2D eigenvalue weighted by molar-refractivity contribution is 6.01. The molecule has 0 aliphatic heterocycles. The standard InChI is InChI=1S/C7H7NO5/c1-12-6(10)4(3-8)5(9)7(11)13-2/h9H,1-2H3/b5-4-. The molecule has 13 heavy (non-hydrogen) atoms. The predicted molar refractivity (Wildman–Crippen MR) is 39.3 cm³/mol. The van der Waals surface area contributed by atoms with Crippen LogP contribution in [0.4, 0.5) is 0 Å². The Morgan fingerprint density at radius 3 is 2.00 bits per heavy atom. The summed E-state index contributed by atoms with van der Waals surface area (Å²) >= 11 is 0. The van der Waals surface area contributed by atoms with Gasteiger partial charge in [0.1, 0.15) is 6.07 Å². The second kappa shape index (κ2) is 4.77. The van der Waals surface area contributed by atoms with Crippen LogP contribution in [-0.4, -0.2) is 31.3 Å². The van der Waals surface area contributed by atoms with Crippen LogP contribution in [0.3, 0.4) is 0 Å². The van der Waals surface area contributed by atoms with Crippen molar-refractivity contribution in [3.8, 4) is 6.07 Å². The van der Waals surface area contributed by atoms with Crippen molar-refractivity contribution >= 4 is 11.9 Å². The van der Waals surface area contributed by atoms with Crippen molar-refractivity contribution in [2.75, 3.05) is 14.2 Å². The van der Waals surface area contributed by atoms with E-state index in [0.717, 1.165) is 14.2 Å². The van der Waals surface area contributed by atoms with E-state index in [-0.39, 0.29) is 0 Å². The van der Waals surface area contributed by atoms with E-state index in [2.05, 4.69) is 9.47 Å². The van der Waals surface area contributed by atoms with E-state index in [4.69, 9.17) is 10.4 Å². The molecular weight excluding hydrogens is 178 g/mol. The van der Waals surface area contributed by atoms with Crippen LogP contribution in [0.15, 0.2) is 11.3 Å². The zero-order valence-corrected chi connectivity index (χ0v) is 7.03. The van der Waals surface area contributed by atoms with Crippen LogP contribution < -0.4 is 0 Å². The summed E-state index contributed by atoms with van der Waals surface area (Å²) in [4.78, 5) is 21.4. The van der Waals surface area contributed by atoms with E-state index in [0.29, 0.717) is 0 Å². The Morgan fingerprint density at radius 2 is 1.69 bits per heavy atom. The molecule has 0 fully saturated rings. The predicted octanol–water partition coefficient (Wildman–Crippen LogP) is -0.332. The molecule has 0 atom stereocenters. The maximum Gasteiger partial charge on any atom is 0.374 e. The van der Waals surface area contributed by atoms with Crippen LogP contribution in [0.1, 0.15) is 0 Å². The van der Waals surface area contributed by atoms with Gasteiger partial charge in [-0.3, -0.25) is 0 Å². The first-order chi connectivity index (χ1) is 6.08. The van der Waals surface area contributed by atoms with E-state index in [9.17, 15) is 9.59 Å². The number of rotatable bonds is 2. The molecule has 0 aromatic carbocycles. The fourth-order valence-corrected chi connectivity index (χ4v) is 0.496. The van der Waals surface area contributed by atoms with Gasteiger partial charge < -0.3 is 14.6 Å². The number of carbonyl (C=O) groups is 2. The van der Waals surface area contributed by atoms with Gasteiger partial charge in [-0.05, 0) is 0 Å². The molecule has 0 aliphatic rings. The van der Waals surface area contributed by atoms with E-state index < -0.39 is 23.3 Å². The summed E-state index contributed by atoms with van der Waals surface area (Å²) in [6.45, 7) is 0. The van der Waals surface area contributed by atoms with E-state index in [1.165, 1.54) is 6.07 Å². The van der Waals surface area contributed by atoms with Crippen LogP contribution in [-0.2, 0) is 19.1 Å². The lowest BCUT2D eigenvalue weighted by atomic mass is 10.2. The van der Waals surface area contributed by atoms with Crippen molar-refractivity contribution in [2.24, 2.45) is 0 Å². The van der Waals surface area contributed by atoms with Crippen molar-refractivity contribution in [3.63, 3.8) is 0 Å². The summed E-state index contributed by atoms with van der Waals surface area (Å²) in [5.41, 5.74) is -0.783. The highest BCUT2D eigenvalue weighted by atomic mass is 16.5. The second-order valence-electron chi connectivity index (χ2n) is 1.82. The quantitative estimate of drug-likeness (QED) is 0.274. The van der Waals surface area contributed by atoms with Gasteiger partial charge in [0.25, 0.3) is 0 Å². The fourth-order valence-electron chi connectivity index (χ4n) is 0.496. The summed E-state index contributed by atoms with van der Waals surface area (Å²) in [6.07, 6.45) is 0. The summed E-state index contributed by atoms with van der Waals surface area (Å²) in [5, 5.41) is 17.3. The Balaban J connectivity index is 5.04. The number of hydrogen-bond acceptors (Lipinski definition) is 6. The third-order valence-corrected chi connectivity index (χ3v) is 1.12. The third kappa shape index (κ3) is 2.48. The number of aliphatic hydroxyl groups excluding tert-OH is 1. The number of nitrogens with zero attached hydrogens (tertiary/aromatic N) is 1. The number of ether oxygens (including phenoxy) is 2. The summed E-state index contributed by atoms with van der Waals surface area (Å²) in [5.74, 6) is -3.32. The minimum absolute atomic E-state index is 0.783. The molecule has 70 valence electrons. The van der Waals surface area contributed by atoms with E-state index in [1.807, 2.05) is 0 Å². The van der Waals surface area contributed by atoms with Gasteiger partial charge in [-0.15, -0.1) is 0 Å². The number of aliphatic hydroxyl groups is 1. The fraction of sp³-hybridized carbons (Fsp3) is 0.286. The molecule has 0 aliphatic carbocycles. The molecular formula is C7H7NO5. The Labute approximate surface area is 74.0 Å². The Kier molecular flexibility index (Phi) is 4.02. The summed E-state index contributed by atoms with van der Waals surface area (Å²) in [6, 6.07) is 1.32. The zero-order valence-electron chi connectivity index (χ0n) is 7.03. The minimum atomic E-state index is -1.16. The minimum Gasteiger partial charge on any atom is -0.501 e. The second-order valence-corrected chi connectivity index (χ2v) is 1.82. The monoisotopic (exact) mass is 185 g/mol. The maximum absolute atomic E-state index is 10.7. The topological polar surface area (TPSA) is 96.6 Å². The Hall–Kier alpha value is -2.03. The van der Waals surface area contributed by atoms with Crippen molar-refractivity contribution in [2.45, 2.75) is 0 Å². The highest BCUT2D eigenvalue weighted by Crippen LogP contribution is 2.03. The molecule has 6 nitrogen and oxygen atoms in total. The van der Waals surface area contributed by atoms with Crippen molar-refractivity contribution in [3.05, 3.63) is 11.3 Å². The van der Waals surface area contributed by atoms with Gasteiger partial charge in [0, 0.05) is 0 Å². The molecule has 0 aromatic rings. The largest absolute Gasteiger partial charge is 0.501 e. The Bertz CT molecular complexity index is 298. The first-order valence-corrected chi connectivity index (χ1v) is 3.08. The normalized spacial score (nSPS) is 10.8. The van der Waals surface area contributed by atoms with E-state index >= 15 is 0 Å². The smallest absolute Gasteiger partial charge is 0.374 e. The van der Waals surface area contributed by atoms with Crippen molar-refractivity contribution in [1.82, 2.24) is 0 Å². The number of methoxy groups -OCH3 is 2. The molecule has 0 heterocycles. The van der Waals surface area contributed by atoms with Crippen LogP contribution in [0.2, 0.25) is 0 Å². The van der Waals surface area contributed by atoms with Gasteiger partial charge >= 0.3 is 11.9 Å². The molecule has 0 spiro atoms. The number of hydrogen-bond donors (Lipinski definition) is 1. The Morgan fingerprint density at radius 1 is 1.23 bits per heavy atom. The lowest BCUT2D eigenvalue weighted by Gasteiger charge is -1.99. The molecule has 0 saturated heterocycles. The van der Waals surface area contributed by atoms with Crippen molar-refractivity contribution in [1.29, 1.82) is 5.26 Å². The molecule has 0 saturated carbocycles. The third-order valence-electron chi connectivity index (χ3n) is 1.12. The van der Waals surface area contributed by atoms with Gasteiger partial charge in [0.05, 0.1) is 14.2 Å². The molecule has 0 aromatic heterocycles. The number of carbonyl (C=O) groups excluding carboxylic acids is 2. The molecule has 0 amide bonds. The first-order valence-electron chi connectivity index (χ1n) is 3.08. The first kappa shape index (κ1) is 11.0. The molecule has 0 unspecified atom stereocenters. The van der Waals surface area contributed by atoms with Crippen LogP contribution in [0.25, 0.3) is 0 Å². The van der Waals surface area contributed by atoms with Crippen LogP contribution >= 0.6 is 0 Å². The average molecular weight is 185 g/mol. The molecule has 6 heteroatoms. The maximum atomic E-state index is 10.7. The average Bonchev–Trinajstić information content (AvgIpc) is 2.17. The molecule has 1 N–H and O–H groups in total. The molecule has 0 bridgehead atoms. The van der Waals surface area contributed by atoms with Crippen molar-refractivity contribution < 1.29 is 24.2 Å². The van der Waals surface area contributed by atoms with Crippen LogP contribution in [0.5, 0.6) is 0 Å². The lowest BCUT2D eigenvalue weighted by molar-refractivity contribution is -0.141. The van der Waals surface area contributed by atoms with Crippen LogP contribution in [0, 0.1) is 11.3 Å². The number of esters is 2. The summed E-state index contributed by atoms with van der Waals surface area (Å²) < 4.78 is 8.22. The van der Waals surface area contributed by atoms with Gasteiger partial charge in [-0.1, -0.05) is 0 Å². The molecule has 0 radical (unpaired) electrons.